The van der Waals surface area contributed by atoms with E-state index in [1.807, 2.05) is 0 Å². The molecule has 0 spiro atoms. The number of benzene rings is 1. The predicted molar refractivity (Wildman–Crippen MR) is 84.1 cm³/mol. The molecule has 0 aromatic heterocycles. The van der Waals surface area contributed by atoms with Gasteiger partial charge in [0.1, 0.15) is 6.04 Å². The van der Waals surface area contributed by atoms with Gasteiger partial charge in [-0.15, -0.1) is 0 Å². The van der Waals surface area contributed by atoms with Crippen molar-refractivity contribution in [1.29, 1.82) is 0 Å². The van der Waals surface area contributed by atoms with Gasteiger partial charge in [0.2, 0.25) is 10.0 Å². The molecule has 1 aliphatic rings. The first-order valence-corrected chi connectivity index (χ1v) is 8.86. The fourth-order valence-electron chi connectivity index (χ4n) is 2.64. The van der Waals surface area contributed by atoms with Crippen LogP contribution in [0.5, 0.6) is 0 Å². The number of nitrogens with one attached hydrogen (secondary N) is 1. The molecule has 1 aromatic carbocycles. The van der Waals surface area contributed by atoms with Crippen LogP contribution in [0.2, 0.25) is 5.02 Å². The molecule has 0 amide bonds. The Kier molecular flexibility index (Phi) is 5.44. The Morgan fingerprint density at radius 2 is 2.23 bits per heavy atom. The standard InChI is InChI=1S/C14H19ClN2O4S/c1-17-8-12(7-13(17)14(18)21-2)16-22(19,20)9-10-4-3-5-11(15)6-10/h3-6,12-13,16H,7-9H2,1-2H3/t12-,13+/m1/s1. The lowest BCUT2D eigenvalue weighted by Crippen LogP contribution is -2.37. The number of rotatable bonds is 5. The molecule has 1 aromatic rings. The van der Waals surface area contributed by atoms with E-state index in [4.69, 9.17) is 16.3 Å². The number of halogens is 1. The normalized spacial score (nSPS) is 22.7. The van der Waals surface area contributed by atoms with Crippen LogP contribution >= 0.6 is 11.6 Å². The number of hydrogen-bond donors (Lipinski definition) is 1. The Morgan fingerprint density at radius 1 is 1.50 bits per heavy atom. The number of likely N-dealkylation sites (N-methyl/N-ethyl adjacent to an activating group) is 1. The summed E-state index contributed by atoms with van der Waals surface area (Å²) in [5, 5.41) is 0.499. The van der Waals surface area contributed by atoms with Gasteiger partial charge in [0.25, 0.3) is 0 Å². The summed E-state index contributed by atoms with van der Waals surface area (Å²) in [6, 6.07) is 6.02. The SMILES string of the molecule is COC(=O)[C@@H]1C[C@@H](NS(=O)(=O)Cc2cccc(Cl)c2)CN1C. The van der Waals surface area contributed by atoms with E-state index in [1.165, 1.54) is 7.11 Å². The monoisotopic (exact) mass is 346 g/mol. The Hall–Kier alpha value is -1.15. The van der Waals surface area contributed by atoms with Crippen LogP contribution in [0.4, 0.5) is 0 Å². The highest BCUT2D eigenvalue weighted by molar-refractivity contribution is 7.88. The van der Waals surface area contributed by atoms with Gasteiger partial charge < -0.3 is 4.74 Å². The van der Waals surface area contributed by atoms with Gasteiger partial charge in [0.15, 0.2) is 0 Å². The van der Waals surface area contributed by atoms with Gasteiger partial charge in [-0.1, -0.05) is 23.7 Å². The highest BCUT2D eigenvalue weighted by Gasteiger charge is 2.36. The van der Waals surface area contributed by atoms with E-state index >= 15 is 0 Å². The van der Waals surface area contributed by atoms with E-state index in [9.17, 15) is 13.2 Å². The number of likely N-dealkylation sites (tertiary alicyclic amines) is 1. The minimum Gasteiger partial charge on any atom is -0.468 e. The molecular weight excluding hydrogens is 328 g/mol. The second-order valence-corrected chi connectivity index (χ2v) is 7.61. The molecule has 0 unspecified atom stereocenters. The molecule has 1 fully saturated rings. The summed E-state index contributed by atoms with van der Waals surface area (Å²) >= 11 is 5.86. The summed E-state index contributed by atoms with van der Waals surface area (Å²) in [6.07, 6.45) is 0.401. The number of sulfonamides is 1. The minimum absolute atomic E-state index is 0.142. The molecule has 1 heterocycles. The molecule has 1 saturated heterocycles. The largest absolute Gasteiger partial charge is 0.468 e. The van der Waals surface area contributed by atoms with Crippen LogP contribution < -0.4 is 4.72 Å². The van der Waals surface area contributed by atoms with Crippen LogP contribution in [0, 0.1) is 0 Å². The Bertz CT molecular complexity index is 650. The third-order valence-corrected chi connectivity index (χ3v) is 5.25. The molecule has 0 saturated carbocycles. The van der Waals surface area contributed by atoms with Crippen molar-refractivity contribution >= 4 is 27.6 Å². The summed E-state index contributed by atoms with van der Waals surface area (Å²) in [7, 11) is -0.405. The molecular formula is C14H19ClN2O4S. The molecule has 0 aliphatic carbocycles. The molecule has 8 heteroatoms. The van der Waals surface area contributed by atoms with Gasteiger partial charge in [-0.05, 0) is 31.2 Å². The van der Waals surface area contributed by atoms with Crippen LogP contribution in [0.15, 0.2) is 24.3 Å². The number of hydrogen-bond acceptors (Lipinski definition) is 5. The van der Waals surface area contributed by atoms with Gasteiger partial charge >= 0.3 is 5.97 Å². The first kappa shape index (κ1) is 17.2. The first-order chi connectivity index (χ1) is 10.3. The number of carbonyl (C=O) groups is 1. The molecule has 2 rings (SSSR count). The van der Waals surface area contributed by atoms with Crippen molar-refractivity contribution in [2.45, 2.75) is 24.3 Å². The molecule has 2 atom stereocenters. The molecule has 122 valence electrons. The molecule has 1 N–H and O–H groups in total. The lowest BCUT2D eigenvalue weighted by atomic mass is 10.2. The molecule has 6 nitrogen and oxygen atoms in total. The quantitative estimate of drug-likeness (QED) is 0.805. The zero-order valence-electron chi connectivity index (χ0n) is 12.5. The van der Waals surface area contributed by atoms with Crippen LogP contribution in [0.3, 0.4) is 0 Å². The maximum atomic E-state index is 12.2. The number of nitrogens with zero attached hydrogens (tertiary/aromatic N) is 1. The topological polar surface area (TPSA) is 75.7 Å². The predicted octanol–water partition coefficient (Wildman–Crippen LogP) is 1.01. The average molecular weight is 347 g/mol. The maximum Gasteiger partial charge on any atom is 0.323 e. The van der Waals surface area contributed by atoms with Gasteiger partial charge in [-0.3, -0.25) is 9.69 Å². The summed E-state index contributed by atoms with van der Waals surface area (Å²) < 4.78 is 31.8. The van der Waals surface area contributed by atoms with E-state index in [0.29, 0.717) is 23.6 Å². The first-order valence-electron chi connectivity index (χ1n) is 6.83. The Balaban J connectivity index is 1.99. The second kappa shape index (κ2) is 6.95. The van der Waals surface area contributed by atoms with Crippen molar-refractivity contribution in [3.63, 3.8) is 0 Å². The summed E-state index contributed by atoms with van der Waals surface area (Å²) in [4.78, 5) is 13.4. The van der Waals surface area contributed by atoms with Crippen LogP contribution in [-0.2, 0) is 25.3 Å². The van der Waals surface area contributed by atoms with E-state index in [1.54, 1.807) is 36.2 Å². The van der Waals surface area contributed by atoms with E-state index < -0.39 is 16.1 Å². The highest BCUT2D eigenvalue weighted by atomic mass is 35.5. The third kappa shape index (κ3) is 4.42. The maximum absolute atomic E-state index is 12.2. The second-order valence-electron chi connectivity index (χ2n) is 5.42. The van der Waals surface area contributed by atoms with Gasteiger partial charge in [0.05, 0.1) is 12.9 Å². The number of methoxy groups -OCH3 is 1. The highest BCUT2D eigenvalue weighted by Crippen LogP contribution is 2.19. The minimum atomic E-state index is -3.50. The van der Waals surface area contributed by atoms with Crippen LogP contribution in [-0.4, -0.2) is 52.1 Å². The molecule has 0 radical (unpaired) electrons. The zero-order valence-corrected chi connectivity index (χ0v) is 14.0. The number of ether oxygens (including phenoxy) is 1. The van der Waals surface area contributed by atoms with Crippen molar-refractivity contribution < 1.29 is 17.9 Å². The smallest absolute Gasteiger partial charge is 0.323 e. The Morgan fingerprint density at radius 3 is 2.86 bits per heavy atom. The molecule has 22 heavy (non-hydrogen) atoms. The molecule has 0 bridgehead atoms. The van der Waals surface area contributed by atoms with Crippen molar-refractivity contribution in [3.8, 4) is 0 Å². The van der Waals surface area contributed by atoms with Gasteiger partial charge in [-0.2, -0.15) is 0 Å². The van der Waals surface area contributed by atoms with E-state index in [-0.39, 0.29) is 17.8 Å². The van der Waals surface area contributed by atoms with E-state index in [0.717, 1.165) is 0 Å². The summed E-state index contributed by atoms with van der Waals surface area (Å²) in [5.41, 5.74) is 0.621. The van der Waals surface area contributed by atoms with Crippen LogP contribution in [0.25, 0.3) is 0 Å². The molecule has 1 aliphatic heterocycles. The number of esters is 1. The lowest BCUT2D eigenvalue weighted by Gasteiger charge is -2.15. The summed E-state index contributed by atoms with van der Waals surface area (Å²) in [6.45, 7) is 0.467. The fraction of sp³-hybridized carbons (Fsp3) is 0.500. The number of carbonyl (C=O) groups excluding carboxylic acids is 1. The third-order valence-electron chi connectivity index (χ3n) is 3.61. The van der Waals surface area contributed by atoms with E-state index in [2.05, 4.69) is 4.72 Å². The zero-order chi connectivity index (χ0) is 16.3. The van der Waals surface area contributed by atoms with Crippen molar-refractivity contribution in [2.75, 3.05) is 20.7 Å². The van der Waals surface area contributed by atoms with Gasteiger partial charge in [0, 0.05) is 17.6 Å². The van der Waals surface area contributed by atoms with Crippen molar-refractivity contribution in [2.24, 2.45) is 0 Å². The van der Waals surface area contributed by atoms with Crippen LogP contribution in [0.1, 0.15) is 12.0 Å². The van der Waals surface area contributed by atoms with Crippen molar-refractivity contribution in [3.05, 3.63) is 34.9 Å². The fourth-order valence-corrected chi connectivity index (χ4v) is 4.23. The summed E-state index contributed by atoms with van der Waals surface area (Å²) in [5.74, 6) is -0.490. The Labute approximate surface area is 135 Å². The van der Waals surface area contributed by atoms with Gasteiger partial charge in [-0.25, -0.2) is 13.1 Å². The van der Waals surface area contributed by atoms with Crippen molar-refractivity contribution in [1.82, 2.24) is 9.62 Å². The average Bonchev–Trinajstić information content (AvgIpc) is 2.77. The lowest BCUT2D eigenvalue weighted by molar-refractivity contribution is -0.145.